The summed E-state index contributed by atoms with van der Waals surface area (Å²) in [6.07, 6.45) is 25.8. The Morgan fingerprint density at radius 2 is 1.05 bits per heavy atom. The van der Waals surface area contributed by atoms with Crippen molar-refractivity contribution in [3.8, 4) is 0 Å². The van der Waals surface area contributed by atoms with Crippen molar-refractivity contribution in [3.63, 3.8) is 0 Å². The first-order valence-corrected chi connectivity index (χ1v) is 24.9. The molecule has 2 aliphatic rings. The van der Waals surface area contributed by atoms with E-state index < -0.39 is 86.8 Å². The van der Waals surface area contributed by atoms with E-state index >= 15 is 0 Å². The molecule has 0 bridgehead atoms. The zero-order valence-electron chi connectivity index (χ0n) is 39.3. The van der Waals surface area contributed by atoms with Gasteiger partial charge in [-0.25, -0.2) is 0 Å². The van der Waals surface area contributed by atoms with Crippen molar-refractivity contribution < 1.29 is 64.6 Å². The van der Waals surface area contributed by atoms with Crippen LogP contribution in [0, 0.1) is 0 Å². The Hall–Kier alpha value is -2.05. The molecule has 9 N–H and O–H groups in total. The number of ether oxygens (including phenoxy) is 4. The molecule has 14 heteroatoms. The van der Waals surface area contributed by atoms with E-state index in [4.69, 9.17) is 18.9 Å². The molecule has 2 saturated heterocycles. The van der Waals surface area contributed by atoms with Crippen molar-refractivity contribution in [2.24, 2.45) is 0 Å². The molecular formula is C50H89NO13. The van der Waals surface area contributed by atoms with E-state index in [0.29, 0.717) is 12.8 Å². The van der Waals surface area contributed by atoms with Gasteiger partial charge in [0.1, 0.15) is 48.8 Å². The van der Waals surface area contributed by atoms with Gasteiger partial charge in [-0.15, -0.1) is 0 Å². The van der Waals surface area contributed by atoms with Crippen LogP contribution in [-0.2, 0) is 23.7 Å². The van der Waals surface area contributed by atoms with Crippen molar-refractivity contribution in [3.05, 3.63) is 48.6 Å². The van der Waals surface area contributed by atoms with E-state index in [1.54, 1.807) is 6.08 Å². The minimum atomic E-state index is -1.79. The van der Waals surface area contributed by atoms with Crippen LogP contribution in [0.5, 0.6) is 0 Å². The normalized spacial score (nSPS) is 27.7. The number of hydrogen-bond donors (Lipinski definition) is 9. The fourth-order valence-electron chi connectivity index (χ4n) is 7.86. The van der Waals surface area contributed by atoms with E-state index in [0.717, 1.165) is 57.8 Å². The second kappa shape index (κ2) is 37.0. The van der Waals surface area contributed by atoms with Gasteiger partial charge in [-0.05, 0) is 64.2 Å². The number of amides is 1. The number of rotatable bonds is 37. The molecule has 0 spiro atoms. The average Bonchev–Trinajstić information content (AvgIpc) is 3.29. The largest absolute Gasteiger partial charge is 0.394 e. The van der Waals surface area contributed by atoms with Crippen LogP contribution in [0.1, 0.15) is 168 Å². The summed E-state index contributed by atoms with van der Waals surface area (Å²) >= 11 is 0. The van der Waals surface area contributed by atoms with E-state index in [2.05, 4.69) is 55.6 Å². The molecule has 12 atom stereocenters. The molecule has 0 radical (unpaired) electrons. The number of carbonyl (C=O) groups excluding carboxylic acids is 1. The molecule has 372 valence electrons. The highest BCUT2D eigenvalue weighted by Crippen LogP contribution is 2.30. The molecule has 1 amide bonds. The maximum Gasteiger partial charge on any atom is 0.220 e. The van der Waals surface area contributed by atoms with Crippen molar-refractivity contribution in [1.29, 1.82) is 0 Å². The Morgan fingerprint density at radius 3 is 1.64 bits per heavy atom. The number of aliphatic hydroxyl groups excluding tert-OH is 8. The first kappa shape index (κ1) is 58.1. The molecule has 2 rings (SSSR count). The topological polar surface area (TPSA) is 228 Å². The van der Waals surface area contributed by atoms with Gasteiger partial charge in [-0.1, -0.05) is 146 Å². The second-order valence-corrected chi connectivity index (χ2v) is 17.6. The highest BCUT2D eigenvalue weighted by molar-refractivity contribution is 5.76. The minimum absolute atomic E-state index is 0.256. The molecule has 0 aliphatic carbocycles. The molecule has 12 unspecified atom stereocenters. The van der Waals surface area contributed by atoms with E-state index in [1.807, 2.05) is 6.08 Å². The van der Waals surface area contributed by atoms with Crippen LogP contribution >= 0.6 is 0 Å². The van der Waals surface area contributed by atoms with Crippen LogP contribution in [0.3, 0.4) is 0 Å². The Kier molecular flexibility index (Phi) is 33.6. The zero-order valence-corrected chi connectivity index (χ0v) is 39.3. The summed E-state index contributed by atoms with van der Waals surface area (Å²) in [5.74, 6) is -0.266. The number of unbranched alkanes of at least 4 members (excludes halogenated alkanes) is 18. The third-order valence-electron chi connectivity index (χ3n) is 12.0. The molecule has 2 aliphatic heterocycles. The maximum absolute atomic E-state index is 13.1. The molecule has 0 aromatic rings. The van der Waals surface area contributed by atoms with Crippen LogP contribution in [0.15, 0.2) is 48.6 Å². The van der Waals surface area contributed by atoms with E-state index in [9.17, 15) is 45.6 Å². The Morgan fingerprint density at radius 1 is 0.562 bits per heavy atom. The van der Waals surface area contributed by atoms with Crippen molar-refractivity contribution >= 4 is 5.91 Å². The first-order valence-electron chi connectivity index (χ1n) is 24.9. The Labute approximate surface area is 384 Å². The number of allylic oxidation sites excluding steroid dienone is 7. The Balaban J connectivity index is 1.89. The summed E-state index contributed by atoms with van der Waals surface area (Å²) in [4.78, 5) is 13.1. The minimum Gasteiger partial charge on any atom is -0.394 e. The van der Waals surface area contributed by atoms with Crippen LogP contribution in [0.2, 0.25) is 0 Å². The monoisotopic (exact) mass is 912 g/mol. The molecule has 0 aromatic heterocycles. The summed E-state index contributed by atoms with van der Waals surface area (Å²) in [6, 6.07) is -0.937. The van der Waals surface area contributed by atoms with Crippen molar-refractivity contribution in [2.75, 3.05) is 19.8 Å². The standard InChI is InChI=1S/C50H89NO13/c1-3-5-7-9-11-13-15-17-19-20-22-24-26-28-30-32-34-42(55)51-38(39(54)33-31-29-27-25-23-21-18-16-14-12-10-8-6-4-2)37-61-49-47(60)45(58)48(41(36-53)63-49)64-50-46(59)44(57)43(56)40(35-52)62-50/h13,15,19-20,23,25,31,33,38-41,43-50,52-54,56-60H,3-12,14,16-18,21-22,24,26-30,32,34-37H2,1-2H3,(H,51,55)/b15-13-,20-19-,25-23+,33-31+. The first-order chi connectivity index (χ1) is 31.1. The van der Waals surface area contributed by atoms with Gasteiger partial charge in [-0.2, -0.15) is 0 Å². The van der Waals surface area contributed by atoms with E-state index in [-0.39, 0.29) is 18.9 Å². The summed E-state index contributed by atoms with van der Waals surface area (Å²) in [7, 11) is 0. The number of hydrogen-bond acceptors (Lipinski definition) is 13. The quantitative estimate of drug-likeness (QED) is 0.0254. The lowest BCUT2D eigenvalue weighted by Crippen LogP contribution is -2.65. The molecule has 2 heterocycles. The van der Waals surface area contributed by atoms with E-state index in [1.165, 1.54) is 77.0 Å². The summed E-state index contributed by atoms with van der Waals surface area (Å²) < 4.78 is 22.6. The van der Waals surface area contributed by atoms with Crippen LogP contribution in [0.4, 0.5) is 0 Å². The molecule has 0 saturated carbocycles. The Bertz CT molecular complexity index is 1260. The lowest BCUT2D eigenvalue weighted by atomic mass is 9.97. The number of carbonyl (C=O) groups is 1. The third-order valence-corrected chi connectivity index (χ3v) is 12.0. The van der Waals surface area contributed by atoms with Crippen molar-refractivity contribution in [2.45, 2.75) is 242 Å². The zero-order chi connectivity index (χ0) is 46.8. The van der Waals surface area contributed by atoms with Gasteiger partial charge >= 0.3 is 0 Å². The smallest absolute Gasteiger partial charge is 0.220 e. The highest BCUT2D eigenvalue weighted by Gasteiger charge is 2.51. The van der Waals surface area contributed by atoms with Crippen LogP contribution in [-0.4, -0.2) is 140 Å². The van der Waals surface area contributed by atoms with Gasteiger partial charge in [-0.3, -0.25) is 4.79 Å². The second-order valence-electron chi connectivity index (χ2n) is 17.6. The molecule has 64 heavy (non-hydrogen) atoms. The van der Waals surface area contributed by atoms with Gasteiger partial charge in [0.25, 0.3) is 0 Å². The van der Waals surface area contributed by atoms with Crippen LogP contribution in [0.25, 0.3) is 0 Å². The van der Waals surface area contributed by atoms with Crippen molar-refractivity contribution in [1.82, 2.24) is 5.32 Å². The number of aliphatic hydroxyl groups is 8. The lowest BCUT2D eigenvalue weighted by molar-refractivity contribution is -0.359. The van der Waals surface area contributed by atoms with Gasteiger partial charge in [0.15, 0.2) is 12.6 Å². The predicted molar refractivity (Wildman–Crippen MR) is 249 cm³/mol. The van der Waals surface area contributed by atoms with Gasteiger partial charge in [0.05, 0.1) is 32.0 Å². The molecule has 0 aromatic carbocycles. The lowest BCUT2D eigenvalue weighted by Gasteiger charge is -2.46. The predicted octanol–water partition coefficient (Wildman–Crippen LogP) is 6.10. The highest BCUT2D eigenvalue weighted by atomic mass is 16.7. The summed E-state index contributed by atoms with van der Waals surface area (Å²) in [5.41, 5.74) is 0. The SMILES string of the molecule is CCCCCC/C=C\C/C=C\CCCCCCCC(=O)NC(COC1OC(CO)C(OC2OC(CO)C(O)C(O)C2O)C(O)C1O)C(O)/C=C/CC/C=C/CCCCCCCCCC. The van der Waals surface area contributed by atoms with Gasteiger partial charge in [0.2, 0.25) is 5.91 Å². The third kappa shape index (κ3) is 24.1. The maximum atomic E-state index is 13.1. The fourth-order valence-corrected chi connectivity index (χ4v) is 7.86. The van der Waals surface area contributed by atoms with Gasteiger partial charge in [0, 0.05) is 6.42 Å². The fraction of sp³-hybridized carbons (Fsp3) is 0.820. The average molecular weight is 912 g/mol. The van der Waals surface area contributed by atoms with Gasteiger partial charge < -0.3 is 65.1 Å². The summed E-state index contributed by atoms with van der Waals surface area (Å²) in [6.45, 7) is 2.71. The summed E-state index contributed by atoms with van der Waals surface area (Å²) in [5, 5.41) is 86.6. The molecular weight excluding hydrogens is 823 g/mol. The van der Waals surface area contributed by atoms with Crippen LogP contribution < -0.4 is 5.32 Å². The molecule has 2 fully saturated rings. The molecule has 14 nitrogen and oxygen atoms in total. The number of nitrogens with one attached hydrogen (secondary N) is 1.